The summed E-state index contributed by atoms with van der Waals surface area (Å²) in [7, 11) is 1.61. The van der Waals surface area contributed by atoms with Crippen molar-refractivity contribution < 1.29 is 14.3 Å². The van der Waals surface area contributed by atoms with Gasteiger partial charge >= 0.3 is 0 Å². The second-order valence-corrected chi connectivity index (χ2v) is 8.42. The lowest BCUT2D eigenvalue weighted by Gasteiger charge is -2.16. The molecular formula is C22H22Cl2N4O3S. The number of carbonyl (C=O) groups is 1. The highest BCUT2D eigenvalue weighted by atomic mass is 35.5. The van der Waals surface area contributed by atoms with E-state index in [9.17, 15) is 4.79 Å². The maximum atomic E-state index is 12.4. The van der Waals surface area contributed by atoms with E-state index in [1.54, 1.807) is 31.4 Å². The number of carbonyl (C=O) groups excluding carboxylic acids is 1. The molecule has 1 amide bonds. The summed E-state index contributed by atoms with van der Waals surface area (Å²) in [5.41, 5.74) is 0.497. The number of thioether (sulfide) groups is 1. The fourth-order valence-corrected chi connectivity index (χ4v) is 4.04. The van der Waals surface area contributed by atoms with E-state index in [1.165, 1.54) is 11.8 Å². The maximum absolute atomic E-state index is 12.4. The number of nitrogens with one attached hydrogen (secondary N) is 1. The Morgan fingerprint density at radius 2 is 1.94 bits per heavy atom. The lowest BCUT2D eigenvalue weighted by molar-refractivity contribution is -0.113. The average molecular weight is 493 g/mol. The number of hydrogen-bond donors (Lipinski definition) is 1. The highest BCUT2D eigenvalue weighted by Gasteiger charge is 2.20. The molecule has 7 nitrogen and oxygen atoms in total. The van der Waals surface area contributed by atoms with Gasteiger partial charge in [-0.1, -0.05) is 41.0 Å². The smallest absolute Gasteiger partial charge is 0.234 e. The third kappa shape index (κ3) is 6.18. The summed E-state index contributed by atoms with van der Waals surface area (Å²) >= 11 is 13.3. The van der Waals surface area contributed by atoms with E-state index < -0.39 is 0 Å². The highest BCUT2D eigenvalue weighted by Crippen LogP contribution is 2.28. The van der Waals surface area contributed by atoms with Crippen LogP contribution in [0.25, 0.3) is 0 Å². The fraction of sp³-hybridized carbons (Fsp3) is 0.227. The minimum Gasteiger partial charge on any atom is -0.497 e. The van der Waals surface area contributed by atoms with Gasteiger partial charge < -0.3 is 14.8 Å². The van der Waals surface area contributed by atoms with Gasteiger partial charge in [0.15, 0.2) is 17.1 Å². The Morgan fingerprint density at radius 1 is 1.22 bits per heavy atom. The monoisotopic (exact) mass is 492 g/mol. The summed E-state index contributed by atoms with van der Waals surface area (Å²) in [5, 5.41) is 12.7. The Kier molecular flexibility index (Phi) is 8.44. The number of anilines is 1. The lowest BCUT2D eigenvalue weighted by atomic mass is 10.3. The van der Waals surface area contributed by atoms with Crippen LogP contribution in [0.2, 0.25) is 10.0 Å². The highest BCUT2D eigenvalue weighted by molar-refractivity contribution is 7.99. The number of aromatic nitrogens is 3. The van der Waals surface area contributed by atoms with Gasteiger partial charge in [-0.05, 0) is 49.4 Å². The molecule has 3 aromatic rings. The predicted octanol–water partition coefficient (Wildman–Crippen LogP) is 5.65. The van der Waals surface area contributed by atoms with Gasteiger partial charge in [0.1, 0.15) is 11.5 Å². The Hall–Kier alpha value is -2.68. The number of amides is 1. The van der Waals surface area contributed by atoms with Crippen molar-refractivity contribution in [3.63, 3.8) is 0 Å². The molecule has 32 heavy (non-hydrogen) atoms. The molecule has 2 aromatic carbocycles. The second-order valence-electron chi connectivity index (χ2n) is 6.64. The molecule has 0 saturated carbocycles. The van der Waals surface area contributed by atoms with Gasteiger partial charge in [0.2, 0.25) is 5.91 Å². The Labute approximate surface area is 200 Å². The molecule has 1 N–H and O–H groups in total. The van der Waals surface area contributed by atoms with Crippen LogP contribution in [-0.2, 0) is 11.3 Å². The van der Waals surface area contributed by atoms with Crippen molar-refractivity contribution >= 4 is 46.6 Å². The van der Waals surface area contributed by atoms with Gasteiger partial charge in [-0.3, -0.25) is 9.36 Å². The summed E-state index contributed by atoms with van der Waals surface area (Å²) in [6.07, 6.45) is 1.37. The standard InChI is InChI=1S/C22H22Cl2N4O3S/c1-4-11-28-21(14(2)31-17-8-6-16(30-3)7-9-17)26-27-22(28)32-13-20(29)25-19-10-5-15(23)12-18(19)24/h4-10,12,14H,1,11,13H2,2-3H3,(H,25,29). The summed E-state index contributed by atoms with van der Waals surface area (Å²) in [6, 6.07) is 12.2. The zero-order valence-electron chi connectivity index (χ0n) is 17.5. The van der Waals surface area contributed by atoms with Crippen molar-refractivity contribution in [1.82, 2.24) is 14.8 Å². The van der Waals surface area contributed by atoms with E-state index in [0.717, 1.165) is 5.75 Å². The first kappa shape index (κ1) is 24.0. The molecule has 0 aliphatic carbocycles. The van der Waals surface area contributed by atoms with Crippen LogP contribution in [0.3, 0.4) is 0 Å². The Balaban J connectivity index is 1.66. The molecule has 168 valence electrons. The lowest BCUT2D eigenvalue weighted by Crippen LogP contribution is -2.15. The molecule has 0 fully saturated rings. The van der Waals surface area contributed by atoms with Gasteiger partial charge in [0, 0.05) is 11.6 Å². The van der Waals surface area contributed by atoms with E-state index in [1.807, 2.05) is 35.8 Å². The van der Waals surface area contributed by atoms with Crippen LogP contribution < -0.4 is 14.8 Å². The van der Waals surface area contributed by atoms with Gasteiger partial charge in [-0.15, -0.1) is 16.8 Å². The topological polar surface area (TPSA) is 78.3 Å². The first-order valence-corrected chi connectivity index (χ1v) is 11.4. The number of hydrogen-bond acceptors (Lipinski definition) is 6. The molecule has 0 aliphatic heterocycles. The van der Waals surface area contributed by atoms with E-state index in [-0.39, 0.29) is 17.8 Å². The van der Waals surface area contributed by atoms with Gasteiger partial charge in [0.05, 0.1) is 23.6 Å². The van der Waals surface area contributed by atoms with Crippen LogP contribution in [0.4, 0.5) is 5.69 Å². The molecular weight excluding hydrogens is 471 g/mol. The van der Waals surface area contributed by atoms with E-state index in [4.69, 9.17) is 32.7 Å². The summed E-state index contributed by atoms with van der Waals surface area (Å²) in [5.74, 6) is 1.96. The summed E-state index contributed by atoms with van der Waals surface area (Å²) < 4.78 is 13.0. The Morgan fingerprint density at radius 3 is 2.59 bits per heavy atom. The molecule has 1 atom stereocenters. The molecule has 0 spiro atoms. The number of rotatable bonds is 10. The SMILES string of the molecule is C=CCn1c(SCC(=O)Nc2ccc(Cl)cc2Cl)nnc1C(C)Oc1ccc(OC)cc1. The molecule has 10 heteroatoms. The van der Waals surface area contributed by atoms with Crippen molar-refractivity contribution in [3.8, 4) is 11.5 Å². The fourth-order valence-electron chi connectivity index (χ4n) is 2.83. The van der Waals surface area contributed by atoms with Crippen LogP contribution in [0.15, 0.2) is 60.3 Å². The average Bonchev–Trinajstić information content (AvgIpc) is 3.18. The third-order valence-corrected chi connectivity index (χ3v) is 5.85. The van der Waals surface area contributed by atoms with Crippen LogP contribution in [0.5, 0.6) is 11.5 Å². The molecule has 1 heterocycles. The van der Waals surface area contributed by atoms with Crippen LogP contribution in [0.1, 0.15) is 18.9 Å². The summed E-state index contributed by atoms with van der Waals surface area (Å²) in [4.78, 5) is 12.4. The molecule has 0 saturated heterocycles. The van der Waals surface area contributed by atoms with Gasteiger partial charge in [-0.2, -0.15) is 0 Å². The minimum atomic E-state index is -0.369. The number of halogens is 2. The quantitative estimate of drug-likeness (QED) is 0.291. The number of methoxy groups -OCH3 is 1. The molecule has 3 rings (SSSR count). The number of benzene rings is 2. The Bertz CT molecular complexity index is 1090. The van der Waals surface area contributed by atoms with E-state index in [2.05, 4.69) is 22.1 Å². The van der Waals surface area contributed by atoms with Crippen LogP contribution in [0, 0.1) is 0 Å². The first-order chi connectivity index (χ1) is 15.4. The van der Waals surface area contributed by atoms with Gasteiger partial charge in [-0.25, -0.2) is 0 Å². The largest absolute Gasteiger partial charge is 0.497 e. The van der Waals surface area contributed by atoms with Crippen LogP contribution >= 0.6 is 35.0 Å². The number of allylic oxidation sites excluding steroid dienone is 1. The van der Waals surface area contributed by atoms with Crippen molar-refractivity contribution in [2.75, 3.05) is 18.2 Å². The molecule has 0 radical (unpaired) electrons. The summed E-state index contributed by atoms with van der Waals surface area (Å²) in [6.45, 7) is 6.17. The molecule has 1 unspecified atom stereocenters. The molecule has 0 bridgehead atoms. The van der Waals surface area contributed by atoms with Crippen molar-refractivity contribution in [1.29, 1.82) is 0 Å². The zero-order chi connectivity index (χ0) is 23.1. The molecule has 1 aromatic heterocycles. The third-order valence-electron chi connectivity index (χ3n) is 4.33. The molecule has 0 aliphatic rings. The maximum Gasteiger partial charge on any atom is 0.234 e. The minimum absolute atomic E-state index is 0.127. The van der Waals surface area contributed by atoms with Crippen molar-refractivity contribution in [2.24, 2.45) is 0 Å². The van der Waals surface area contributed by atoms with E-state index in [0.29, 0.717) is 39.0 Å². The first-order valence-electron chi connectivity index (χ1n) is 9.63. The second kappa shape index (κ2) is 11.3. The van der Waals surface area contributed by atoms with Crippen molar-refractivity contribution in [3.05, 3.63) is 71.0 Å². The van der Waals surface area contributed by atoms with E-state index >= 15 is 0 Å². The predicted molar refractivity (Wildman–Crippen MR) is 128 cm³/mol. The number of nitrogens with zero attached hydrogens (tertiary/aromatic N) is 3. The van der Waals surface area contributed by atoms with Crippen LogP contribution in [-0.4, -0.2) is 33.5 Å². The zero-order valence-corrected chi connectivity index (χ0v) is 19.9. The van der Waals surface area contributed by atoms with Gasteiger partial charge in [0.25, 0.3) is 0 Å². The number of ether oxygens (including phenoxy) is 2. The normalized spacial score (nSPS) is 11.6. The van der Waals surface area contributed by atoms with Crippen molar-refractivity contribution in [2.45, 2.75) is 24.7 Å².